The number of nitrogens with one attached hydrogen (secondary N) is 1. The Hall–Kier alpha value is -2.91. The summed E-state index contributed by atoms with van der Waals surface area (Å²) in [4.78, 5) is 13.6. The largest absolute Gasteiger partial charge is 0.321 e. The van der Waals surface area contributed by atoms with E-state index >= 15 is 0 Å². The van der Waals surface area contributed by atoms with Crippen LogP contribution in [0, 0.1) is 0 Å². The van der Waals surface area contributed by atoms with Gasteiger partial charge in [-0.3, -0.25) is 4.79 Å². The topological polar surface area (TPSA) is 29.1 Å². The quantitative estimate of drug-likeness (QED) is 0.504. The van der Waals surface area contributed by atoms with Crippen molar-refractivity contribution in [2.75, 3.05) is 5.32 Å². The van der Waals surface area contributed by atoms with Gasteiger partial charge >= 0.3 is 0 Å². The van der Waals surface area contributed by atoms with Gasteiger partial charge in [-0.1, -0.05) is 54.6 Å². The number of anilines is 1. The lowest BCUT2D eigenvalue weighted by molar-refractivity contribution is 0.102. The SMILES string of the molecule is O=C(Nc1ccccc1-c1cc2ccccc2s1)c1ccccc1. The van der Waals surface area contributed by atoms with Gasteiger partial charge in [0.25, 0.3) is 5.91 Å². The molecule has 0 atom stereocenters. The average Bonchev–Trinajstić information content (AvgIpc) is 3.07. The molecule has 0 bridgehead atoms. The first kappa shape index (κ1) is 14.7. The summed E-state index contributed by atoms with van der Waals surface area (Å²) in [7, 11) is 0. The molecule has 24 heavy (non-hydrogen) atoms. The molecule has 0 unspecified atom stereocenters. The summed E-state index contributed by atoms with van der Waals surface area (Å²) in [6.45, 7) is 0. The predicted molar refractivity (Wildman–Crippen MR) is 102 cm³/mol. The van der Waals surface area contributed by atoms with Crippen molar-refractivity contribution < 1.29 is 4.79 Å². The first-order valence-electron chi connectivity index (χ1n) is 7.76. The number of hydrogen-bond donors (Lipinski definition) is 1. The average molecular weight is 329 g/mol. The number of carbonyl (C=O) groups is 1. The van der Waals surface area contributed by atoms with Gasteiger partial charge < -0.3 is 5.32 Å². The Morgan fingerprint density at radius 2 is 1.50 bits per heavy atom. The highest BCUT2D eigenvalue weighted by molar-refractivity contribution is 7.22. The van der Waals surface area contributed by atoms with Crippen molar-refractivity contribution in [3.8, 4) is 10.4 Å². The van der Waals surface area contributed by atoms with Crippen LogP contribution in [0.25, 0.3) is 20.5 Å². The zero-order valence-corrected chi connectivity index (χ0v) is 13.7. The van der Waals surface area contributed by atoms with Gasteiger partial charge in [-0.2, -0.15) is 0 Å². The van der Waals surface area contributed by atoms with Gasteiger partial charge in [0.05, 0.1) is 0 Å². The number of carbonyl (C=O) groups excluding carboxylic acids is 1. The van der Waals surface area contributed by atoms with E-state index in [4.69, 9.17) is 0 Å². The van der Waals surface area contributed by atoms with Crippen LogP contribution in [0.5, 0.6) is 0 Å². The molecule has 0 aliphatic heterocycles. The summed E-state index contributed by atoms with van der Waals surface area (Å²) in [5.74, 6) is -0.0934. The lowest BCUT2D eigenvalue weighted by Crippen LogP contribution is -2.12. The molecule has 0 saturated carbocycles. The van der Waals surface area contributed by atoms with Gasteiger partial charge in [-0.15, -0.1) is 11.3 Å². The molecule has 4 rings (SSSR count). The van der Waals surface area contributed by atoms with E-state index in [1.54, 1.807) is 11.3 Å². The molecule has 1 amide bonds. The summed E-state index contributed by atoms with van der Waals surface area (Å²) in [6.07, 6.45) is 0. The maximum atomic E-state index is 12.5. The van der Waals surface area contributed by atoms with E-state index in [1.165, 1.54) is 10.1 Å². The number of rotatable bonds is 3. The van der Waals surface area contributed by atoms with E-state index in [9.17, 15) is 4.79 Å². The molecular weight excluding hydrogens is 314 g/mol. The molecule has 0 spiro atoms. The van der Waals surface area contributed by atoms with Crippen molar-refractivity contribution in [3.05, 3.63) is 90.5 Å². The summed E-state index contributed by atoms with van der Waals surface area (Å²) in [6, 6.07) is 27.7. The molecule has 3 heteroatoms. The van der Waals surface area contributed by atoms with Gasteiger partial charge in [0.1, 0.15) is 0 Å². The minimum Gasteiger partial charge on any atom is -0.321 e. The van der Waals surface area contributed by atoms with Gasteiger partial charge in [0.15, 0.2) is 0 Å². The lowest BCUT2D eigenvalue weighted by atomic mass is 10.1. The third kappa shape index (κ3) is 2.82. The van der Waals surface area contributed by atoms with Crippen LogP contribution < -0.4 is 5.32 Å². The fourth-order valence-electron chi connectivity index (χ4n) is 2.71. The van der Waals surface area contributed by atoms with Crippen molar-refractivity contribution >= 4 is 33.0 Å². The summed E-state index contributed by atoms with van der Waals surface area (Å²) in [5.41, 5.74) is 2.53. The second kappa shape index (κ2) is 6.30. The van der Waals surface area contributed by atoms with Gasteiger partial charge in [-0.05, 0) is 35.7 Å². The van der Waals surface area contributed by atoms with Crippen LogP contribution in [-0.4, -0.2) is 5.91 Å². The van der Waals surface area contributed by atoms with Crippen molar-refractivity contribution in [2.24, 2.45) is 0 Å². The molecule has 0 aliphatic rings. The Kier molecular flexibility index (Phi) is 3.85. The first-order valence-corrected chi connectivity index (χ1v) is 8.57. The van der Waals surface area contributed by atoms with Gasteiger partial charge in [-0.25, -0.2) is 0 Å². The predicted octanol–water partition coefficient (Wildman–Crippen LogP) is 5.82. The first-order chi connectivity index (χ1) is 11.8. The number of amides is 1. The van der Waals surface area contributed by atoms with Crippen molar-refractivity contribution in [3.63, 3.8) is 0 Å². The Balaban J connectivity index is 1.71. The molecule has 1 aromatic heterocycles. The molecule has 116 valence electrons. The van der Waals surface area contributed by atoms with Crippen LogP contribution >= 0.6 is 11.3 Å². The molecule has 1 N–H and O–H groups in total. The molecule has 0 aliphatic carbocycles. The lowest BCUT2D eigenvalue weighted by Gasteiger charge is -2.10. The van der Waals surface area contributed by atoms with Crippen molar-refractivity contribution in [1.82, 2.24) is 0 Å². The van der Waals surface area contributed by atoms with E-state index < -0.39 is 0 Å². The second-order valence-corrected chi connectivity index (χ2v) is 6.60. The maximum Gasteiger partial charge on any atom is 0.255 e. The molecule has 4 aromatic rings. The van der Waals surface area contributed by atoms with E-state index in [-0.39, 0.29) is 5.91 Å². The highest BCUT2D eigenvalue weighted by Gasteiger charge is 2.11. The number of hydrogen-bond acceptors (Lipinski definition) is 2. The van der Waals surface area contributed by atoms with Crippen LogP contribution in [0.4, 0.5) is 5.69 Å². The Labute approximate surface area is 144 Å². The fourth-order valence-corrected chi connectivity index (χ4v) is 3.81. The van der Waals surface area contributed by atoms with E-state index in [0.717, 1.165) is 16.1 Å². The smallest absolute Gasteiger partial charge is 0.255 e. The summed E-state index contributed by atoms with van der Waals surface area (Å²) in [5, 5.41) is 4.26. The molecule has 3 aromatic carbocycles. The highest BCUT2D eigenvalue weighted by Crippen LogP contribution is 2.37. The fraction of sp³-hybridized carbons (Fsp3) is 0. The number of fused-ring (bicyclic) bond motifs is 1. The second-order valence-electron chi connectivity index (χ2n) is 5.51. The minimum absolute atomic E-state index is 0.0934. The molecule has 1 heterocycles. The number of thiophene rings is 1. The van der Waals surface area contributed by atoms with Crippen LogP contribution in [-0.2, 0) is 0 Å². The monoisotopic (exact) mass is 329 g/mol. The van der Waals surface area contributed by atoms with Crippen molar-refractivity contribution in [2.45, 2.75) is 0 Å². The van der Waals surface area contributed by atoms with Crippen molar-refractivity contribution in [1.29, 1.82) is 0 Å². The molecule has 0 fully saturated rings. The summed E-state index contributed by atoms with van der Waals surface area (Å²) >= 11 is 1.74. The zero-order chi connectivity index (χ0) is 16.4. The van der Waals surface area contributed by atoms with Crippen LogP contribution in [0.2, 0.25) is 0 Å². The Morgan fingerprint density at radius 3 is 2.33 bits per heavy atom. The highest BCUT2D eigenvalue weighted by atomic mass is 32.1. The van der Waals surface area contributed by atoms with E-state index in [0.29, 0.717) is 5.56 Å². The molecule has 2 nitrogen and oxygen atoms in total. The Morgan fingerprint density at radius 1 is 0.792 bits per heavy atom. The van der Waals surface area contributed by atoms with Crippen LogP contribution in [0.3, 0.4) is 0 Å². The minimum atomic E-state index is -0.0934. The Bertz CT molecular complexity index is 971. The summed E-state index contributed by atoms with van der Waals surface area (Å²) < 4.78 is 1.25. The van der Waals surface area contributed by atoms with Gasteiger partial charge in [0, 0.05) is 26.4 Å². The number of benzene rings is 3. The molecular formula is C21H15NOS. The third-order valence-corrected chi connectivity index (χ3v) is 5.05. The zero-order valence-electron chi connectivity index (χ0n) is 12.9. The van der Waals surface area contributed by atoms with Crippen LogP contribution in [0.15, 0.2) is 84.9 Å². The van der Waals surface area contributed by atoms with E-state index in [1.807, 2.05) is 66.7 Å². The third-order valence-electron chi connectivity index (χ3n) is 3.90. The van der Waals surface area contributed by atoms with Gasteiger partial charge in [0.2, 0.25) is 0 Å². The molecule has 0 saturated heterocycles. The number of para-hydroxylation sites is 1. The maximum absolute atomic E-state index is 12.5. The van der Waals surface area contributed by atoms with Crippen LogP contribution in [0.1, 0.15) is 10.4 Å². The normalized spacial score (nSPS) is 10.7. The standard InChI is InChI=1S/C21H15NOS/c23-21(15-8-2-1-3-9-15)22-18-12-6-5-11-17(18)20-14-16-10-4-7-13-19(16)24-20/h1-14H,(H,22,23). The van der Waals surface area contributed by atoms with E-state index in [2.05, 4.69) is 23.5 Å². The molecule has 0 radical (unpaired) electrons.